The zero-order chi connectivity index (χ0) is 16.8. The van der Waals surface area contributed by atoms with E-state index >= 15 is 0 Å². The van der Waals surface area contributed by atoms with E-state index in [1.165, 1.54) is 62.2 Å². The molecular formula is C22H26FN. The largest absolute Gasteiger partial charge is 0.303 e. The summed E-state index contributed by atoms with van der Waals surface area (Å²) in [6.07, 6.45) is 7.57. The minimum Gasteiger partial charge on any atom is -0.303 e. The van der Waals surface area contributed by atoms with Gasteiger partial charge in [-0.1, -0.05) is 48.9 Å². The van der Waals surface area contributed by atoms with Crippen molar-refractivity contribution in [1.29, 1.82) is 0 Å². The Kier molecular flexibility index (Phi) is 5.81. The number of rotatable bonds is 5. The number of likely N-dealkylation sites (tertiary alicyclic amines) is 1. The van der Waals surface area contributed by atoms with Gasteiger partial charge in [0.2, 0.25) is 0 Å². The number of hydrogen-bond donors (Lipinski definition) is 0. The van der Waals surface area contributed by atoms with Gasteiger partial charge in [0.15, 0.2) is 0 Å². The molecule has 1 nitrogen and oxygen atoms in total. The van der Waals surface area contributed by atoms with Gasteiger partial charge in [-0.3, -0.25) is 0 Å². The first kappa shape index (κ1) is 16.9. The average molecular weight is 323 g/mol. The Bertz CT molecular complexity index is 664. The minimum atomic E-state index is -0.192. The molecule has 0 radical (unpaired) electrons. The van der Waals surface area contributed by atoms with Crippen molar-refractivity contribution in [2.45, 2.75) is 32.6 Å². The molecule has 0 aromatic heterocycles. The normalized spacial score (nSPS) is 16.3. The zero-order valence-electron chi connectivity index (χ0n) is 14.5. The molecular weight excluding hydrogens is 297 g/mol. The zero-order valence-corrected chi connectivity index (χ0v) is 14.5. The molecule has 1 fully saturated rings. The van der Waals surface area contributed by atoms with Crippen molar-refractivity contribution in [2.75, 3.05) is 19.6 Å². The lowest BCUT2D eigenvalue weighted by Gasteiger charge is -2.25. The van der Waals surface area contributed by atoms with Crippen molar-refractivity contribution in [3.63, 3.8) is 0 Å². The van der Waals surface area contributed by atoms with Gasteiger partial charge in [-0.15, -0.1) is 0 Å². The van der Waals surface area contributed by atoms with Gasteiger partial charge in [0.05, 0.1) is 0 Å². The van der Waals surface area contributed by atoms with Crippen LogP contribution in [0.4, 0.5) is 4.39 Å². The predicted octanol–water partition coefficient (Wildman–Crippen LogP) is 5.77. The van der Waals surface area contributed by atoms with Crippen LogP contribution in [-0.2, 0) is 0 Å². The highest BCUT2D eigenvalue weighted by Crippen LogP contribution is 2.23. The third-order valence-electron chi connectivity index (χ3n) is 4.86. The van der Waals surface area contributed by atoms with Gasteiger partial charge in [0.1, 0.15) is 5.82 Å². The fraction of sp³-hybridized carbons (Fsp3) is 0.364. The standard InChI is InChI=1S/C22H26FN/c1-18(6-5-17-24-15-3-2-4-16-24)19-7-9-20(10-8-19)21-11-13-22(23)14-12-21/h6-14H,2-5,15-17H2,1H3/b18-6-. The van der Waals surface area contributed by atoms with E-state index in [0.717, 1.165) is 17.5 Å². The number of halogens is 1. The topological polar surface area (TPSA) is 3.24 Å². The molecule has 126 valence electrons. The monoisotopic (exact) mass is 323 g/mol. The van der Waals surface area contributed by atoms with Gasteiger partial charge >= 0.3 is 0 Å². The first-order chi connectivity index (χ1) is 11.7. The molecule has 0 amide bonds. The maximum Gasteiger partial charge on any atom is 0.123 e. The Labute approximate surface area is 144 Å². The van der Waals surface area contributed by atoms with E-state index < -0.39 is 0 Å². The Balaban J connectivity index is 1.59. The molecule has 0 aliphatic carbocycles. The van der Waals surface area contributed by atoms with Crippen molar-refractivity contribution in [3.05, 3.63) is 66.0 Å². The van der Waals surface area contributed by atoms with Gasteiger partial charge in [-0.25, -0.2) is 4.39 Å². The summed E-state index contributed by atoms with van der Waals surface area (Å²) in [5.41, 5.74) is 4.77. The number of piperidine rings is 1. The van der Waals surface area contributed by atoms with Crippen LogP contribution in [0.25, 0.3) is 16.7 Å². The lowest BCUT2D eigenvalue weighted by atomic mass is 10.0. The Morgan fingerprint density at radius 3 is 2.12 bits per heavy atom. The maximum atomic E-state index is 13.0. The van der Waals surface area contributed by atoms with E-state index in [4.69, 9.17) is 0 Å². The quantitative estimate of drug-likeness (QED) is 0.675. The molecule has 0 bridgehead atoms. The molecule has 0 atom stereocenters. The van der Waals surface area contributed by atoms with Gasteiger partial charge in [-0.2, -0.15) is 0 Å². The Morgan fingerprint density at radius 2 is 1.50 bits per heavy atom. The van der Waals surface area contributed by atoms with Crippen LogP contribution in [0.15, 0.2) is 54.6 Å². The summed E-state index contributed by atoms with van der Waals surface area (Å²) in [5, 5.41) is 0. The lowest BCUT2D eigenvalue weighted by molar-refractivity contribution is 0.233. The van der Waals surface area contributed by atoms with E-state index in [2.05, 4.69) is 42.2 Å². The highest BCUT2D eigenvalue weighted by Gasteiger charge is 2.08. The van der Waals surface area contributed by atoms with Crippen LogP contribution in [0, 0.1) is 5.82 Å². The molecule has 1 aliphatic heterocycles. The minimum absolute atomic E-state index is 0.192. The molecule has 1 heterocycles. The highest BCUT2D eigenvalue weighted by molar-refractivity contribution is 5.69. The first-order valence-corrected chi connectivity index (χ1v) is 8.98. The third kappa shape index (κ3) is 4.55. The van der Waals surface area contributed by atoms with E-state index in [1.54, 1.807) is 0 Å². The van der Waals surface area contributed by atoms with E-state index in [9.17, 15) is 4.39 Å². The molecule has 0 N–H and O–H groups in total. The SMILES string of the molecule is C/C(=C/CCN1CCCCC1)c1ccc(-c2ccc(F)cc2)cc1. The van der Waals surface area contributed by atoms with Crippen molar-refractivity contribution in [2.24, 2.45) is 0 Å². The Morgan fingerprint density at radius 1 is 0.917 bits per heavy atom. The van der Waals surface area contributed by atoms with Gasteiger partial charge in [-0.05, 0) is 73.7 Å². The molecule has 3 rings (SSSR count). The smallest absolute Gasteiger partial charge is 0.123 e. The van der Waals surface area contributed by atoms with E-state index in [0.29, 0.717) is 0 Å². The fourth-order valence-corrected chi connectivity index (χ4v) is 3.33. The molecule has 2 aromatic rings. The fourth-order valence-electron chi connectivity index (χ4n) is 3.33. The summed E-state index contributed by atoms with van der Waals surface area (Å²) in [4.78, 5) is 2.57. The van der Waals surface area contributed by atoms with E-state index in [-0.39, 0.29) is 5.82 Å². The van der Waals surface area contributed by atoms with Crippen LogP contribution in [0.1, 0.15) is 38.2 Å². The van der Waals surface area contributed by atoms with Crippen LogP contribution < -0.4 is 0 Å². The predicted molar refractivity (Wildman–Crippen MR) is 100 cm³/mol. The summed E-state index contributed by atoms with van der Waals surface area (Å²) in [6.45, 7) is 5.88. The van der Waals surface area contributed by atoms with Gasteiger partial charge in [0.25, 0.3) is 0 Å². The highest BCUT2D eigenvalue weighted by atomic mass is 19.1. The molecule has 0 saturated carbocycles. The number of benzene rings is 2. The second kappa shape index (κ2) is 8.25. The van der Waals surface area contributed by atoms with Crippen molar-refractivity contribution in [3.8, 4) is 11.1 Å². The van der Waals surface area contributed by atoms with Crippen LogP contribution in [0.3, 0.4) is 0 Å². The van der Waals surface area contributed by atoms with Crippen molar-refractivity contribution >= 4 is 5.57 Å². The lowest BCUT2D eigenvalue weighted by Crippen LogP contribution is -2.30. The number of hydrogen-bond acceptors (Lipinski definition) is 1. The molecule has 1 aliphatic rings. The van der Waals surface area contributed by atoms with Crippen LogP contribution in [0.2, 0.25) is 0 Å². The summed E-state index contributed by atoms with van der Waals surface area (Å²) < 4.78 is 13.0. The number of nitrogens with zero attached hydrogens (tertiary/aromatic N) is 1. The summed E-state index contributed by atoms with van der Waals surface area (Å²) in [7, 11) is 0. The molecule has 1 saturated heterocycles. The molecule has 0 spiro atoms. The van der Waals surface area contributed by atoms with Gasteiger partial charge < -0.3 is 4.90 Å². The summed E-state index contributed by atoms with van der Waals surface area (Å²) >= 11 is 0. The molecule has 2 aromatic carbocycles. The number of allylic oxidation sites excluding steroid dienone is 1. The molecule has 24 heavy (non-hydrogen) atoms. The van der Waals surface area contributed by atoms with Crippen LogP contribution >= 0.6 is 0 Å². The maximum absolute atomic E-state index is 13.0. The third-order valence-corrected chi connectivity index (χ3v) is 4.86. The first-order valence-electron chi connectivity index (χ1n) is 8.98. The second-order valence-corrected chi connectivity index (χ2v) is 6.66. The average Bonchev–Trinajstić information content (AvgIpc) is 2.63. The Hall–Kier alpha value is -1.93. The van der Waals surface area contributed by atoms with Gasteiger partial charge in [0, 0.05) is 6.54 Å². The van der Waals surface area contributed by atoms with Crippen molar-refractivity contribution in [1.82, 2.24) is 4.90 Å². The second-order valence-electron chi connectivity index (χ2n) is 6.66. The molecule has 2 heteroatoms. The summed E-state index contributed by atoms with van der Waals surface area (Å²) in [6, 6.07) is 15.2. The van der Waals surface area contributed by atoms with Crippen molar-refractivity contribution < 1.29 is 4.39 Å². The van der Waals surface area contributed by atoms with Crippen LogP contribution in [0.5, 0.6) is 0 Å². The van der Waals surface area contributed by atoms with Crippen LogP contribution in [-0.4, -0.2) is 24.5 Å². The molecule has 0 unspecified atom stereocenters. The summed E-state index contributed by atoms with van der Waals surface area (Å²) in [5.74, 6) is -0.192. The van der Waals surface area contributed by atoms with E-state index in [1.807, 2.05) is 12.1 Å².